The summed E-state index contributed by atoms with van der Waals surface area (Å²) in [7, 11) is 0. The van der Waals surface area contributed by atoms with Gasteiger partial charge in [0.05, 0.1) is 12.7 Å². The van der Waals surface area contributed by atoms with Gasteiger partial charge in [0.2, 0.25) is 0 Å². The van der Waals surface area contributed by atoms with Gasteiger partial charge in [-0.2, -0.15) is 0 Å². The van der Waals surface area contributed by atoms with Crippen LogP contribution in [0.15, 0.2) is 18.2 Å². The van der Waals surface area contributed by atoms with Crippen molar-refractivity contribution >= 4 is 0 Å². The molecule has 0 amide bonds. The summed E-state index contributed by atoms with van der Waals surface area (Å²) in [5.41, 5.74) is 0.477. The summed E-state index contributed by atoms with van der Waals surface area (Å²) in [6.07, 6.45) is 2.93. The van der Waals surface area contributed by atoms with E-state index in [0.717, 1.165) is 25.7 Å². The van der Waals surface area contributed by atoms with Crippen molar-refractivity contribution in [2.24, 2.45) is 0 Å². The largest absolute Gasteiger partial charge is 0.493 e. The molecule has 0 unspecified atom stereocenters. The van der Waals surface area contributed by atoms with Crippen LogP contribution in [0.3, 0.4) is 0 Å². The minimum absolute atomic E-state index is 0.227. The summed E-state index contributed by atoms with van der Waals surface area (Å²) < 4.78 is 18.6. The molecule has 1 rings (SSSR count). The van der Waals surface area contributed by atoms with E-state index in [2.05, 4.69) is 0 Å². The molecule has 0 fully saturated rings. The molecule has 0 spiro atoms. The Bertz CT molecular complexity index is 353. The molecule has 0 aromatic heterocycles. The van der Waals surface area contributed by atoms with Crippen LogP contribution in [0.4, 0.5) is 4.39 Å². The minimum Gasteiger partial charge on any atom is -0.493 e. The van der Waals surface area contributed by atoms with Gasteiger partial charge < -0.3 is 14.9 Å². The molecule has 4 heteroatoms. The number of hydrogen-bond acceptors (Lipinski definition) is 3. The fourth-order valence-electron chi connectivity index (χ4n) is 1.73. The smallest absolute Gasteiger partial charge is 0.125 e. The van der Waals surface area contributed by atoms with E-state index in [1.807, 2.05) is 0 Å². The van der Waals surface area contributed by atoms with E-state index in [1.54, 1.807) is 13.0 Å². The Morgan fingerprint density at radius 2 is 1.94 bits per heavy atom. The second-order valence-corrected chi connectivity index (χ2v) is 4.34. The van der Waals surface area contributed by atoms with Crippen LogP contribution in [0.5, 0.6) is 5.75 Å². The van der Waals surface area contributed by atoms with E-state index in [9.17, 15) is 9.50 Å². The molecule has 0 aliphatic rings. The summed E-state index contributed by atoms with van der Waals surface area (Å²) in [5.74, 6) is 0.162. The van der Waals surface area contributed by atoms with Crippen molar-refractivity contribution in [1.82, 2.24) is 0 Å². The molecular weight excluding hydrogens is 235 g/mol. The Morgan fingerprint density at radius 1 is 1.22 bits per heavy atom. The van der Waals surface area contributed by atoms with Crippen LogP contribution in [0.25, 0.3) is 0 Å². The van der Waals surface area contributed by atoms with E-state index in [4.69, 9.17) is 9.84 Å². The zero-order valence-electron chi connectivity index (χ0n) is 10.7. The Hall–Kier alpha value is -1.13. The van der Waals surface area contributed by atoms with Crippen molar-refractivity contribution in [3.63, 3.8) is 0 Å². The number of halogens is 1. The quantitative estimate of drug-likeness (QED) is 0.703. The summed E-state index contributed by atoms with van der Waals surface area (Å²) in [6.45, 7) is 2.35. The van der Waals surface area contributed by atoms with Gasteiger partial charge in [-0.3, -0.25) is 0 Å². The van der Waals surface area contributed by atoms with Crippen molar-refractivity contribution in [1.29, 1.82) is 0 Å². The summed E-state index contributed by atoms with van der Waals surface area (Å²) in [5, 5.41) is 18.2. The third-order valence-electron chi connectivity index (χ3n) is 2.73. The summed E-state index contributed by atoms with van der Waals surface area (Å²) in [4.78, 5) is 0. The highest BCUT2D eigenvalue weighted by Crippen LogP contribution is 2.26. The third-order valence-corrected chi connectivity index (χ3v) is 2.73. The number of rotatable bonds is 8. The first-order valence-corrected chi connectivity index (χ1v) is 6.36. The zero-order chi connectivity index (χ0) is 13.4. The Balaban J connectivity index is 2.42. The fraction of sp³-hybridized carbons (Fsp3) is 0.571. The second-order valence-electron chi connectivity index (χ2n) is 4.34. The molecule has 102 valence electrons. The van der Waals surface area contributed by atoms with Crippen LogP contribution in [0.1, 0.15) is 44.3 Å². The van der Waals surface area contributed by atoms with Crippen LogP contribution in [-0.4, -0.2) is 23.4 Å². The monoisotopic (exact) mass is 256 g/mol. The molecule has 0 aliphatic heterocycles. The van der Waals surface area contributed by atoms with Crippen molar-refractivity contribution in [2.75, 3.05) is 13.2 Å². The maximum absolute atomic E-state index is 13.0. The van der Waals surface area contributed by atoms with E-state index >= 15 is 0 Å². The normalized spacial score (nSPS) is 12.4. The van der Waals surface area contributed by atoms with E-state index in [0.29, 0.717) is 17.9 Å². The number of benzene rings is 1. The lowest BCUT2D eigenvalue weighted by Crippen LogP contribution is -2.03. The first kappa shape index (κ1) is 14.9. The van der Waals surface area contributed by atoms with Gasteiger partial charge in [-0.15, -0.1) is 0 Å². The van der Waals surface area contributed by atoms with Gasteiger partial charge in [0, 0.05) is 12.2 Å². The standard InChI is InChI=1S/C14H21FO3/c1-11(17)13-10-12(15)6-7-14(13)18-9-5-3-2-4-8-16/h6-7,10-11,16-17H,2-5,8-9H2,1H3/t11-/m0/s1. The highest BCUT2D eigenvalue weighted by molar-refractivity contribution is 5.35. The lowest BCUT2D eigenvalue weighted by atomic mass is 10.1. The molecule has 0 radical (unpaired) electrons. The number of hydrogen-bond donors (Lipinski definition) is 2. The van der Waals surface area contributed by atoms with Gasteiger partial charge in [0.1, 0.15) is 11.6 Å². The van der Waals surface area contributed by atoms with Gasteiger partial charge >= 0.3 is 0 Å². The van der Waals surface area contributed by atoms with Gasteiger partial charge in [-0.25, -0.2) is 4.39 Å². The average molecular weight is 256 g/mol. The molecule has 3 nitrogen and oxygen atoms in total. The van der Waals surface area contributed by atoms with Crippen molar-refractivity contribution in [3.8, 4) is 5.75 Å². The highest BCUT2D eigenvalue weighted by Gasteiger charge is 2.10. The lowest BCUT2D eigenvalue weighted by molar-refractivity contribution is 0.190. The maximum Gasteiger partial charge on any atom is 0.125 e. The molecule has 1 atom stereocenters. The minimum atomic E-state index is -0.745. The summed E-state index contributed by atoms with van der Waals surface area (Å²) >= 11 is 0. The molecule has 0 aliphatic carbocycles. The van der Waals surface area contributed by atoms with E-state index in [-0.39, 0.29) is 12.4 Å². The van der Waals surface area contributed by atoms with E-state index in [1.165, 1.54) is 12.1 Å². The molecular formula is C14H21FO3. The topological polar surface area (TPSA) is 49.7 Å². The first-order chi connectivity index (χ1) is 8.65. The molecule has 0 heterocycles. The Morgan fingerprint density at radius 3 is 2.61 bits per heavy atom. The van der Waals surface area contributed by atoms with Crippen LogP contribution in [0, 0.1) is 5.82 Å². The van der Waals surface area contributed by atoms with Crippen molar-refractivity contribution in [2.45, 2.75) is 38.7 Å². The second kappa shape index (κ2) is 8.06. The predicted octanol–water partition coefficient (Wildman–Crippen LogP) is 2.81. The van der Waals surface area contributed by atoms with Crippen molar-refractivity contribution in [3.05, 3.63) is 29.6 Å². The van der Waals surface area contributed by atoms with Gasteiger partial charge in [-0.05, 0) is 44.4 Å². The maximum atomic E-state index is 13.0. The molecule has 2 N–H and O–H groups in total. The Kier molecular flexibility index (Phi) is 6.68. The predicted molar refractivity (Wildman–Crippen MR) is 68.1 cm³/mol. The molecule has 18 heavy (non-hydrogen) atoms. The van der Waals surface area contributed by atoms with Gasteiger partial charge in [0.15, 0.2) is 0 Å². The van der Waals surface area contributed by atoms with Crippen LogP contribution in [0.2, 0.25) is 0 Å². The lowest BCUT2D eigenvalue weighted by Gasteiger charge is -2.13. The van der Waals surface area contributed by atoms with Crippen molar-refractivity contribution < 1.29 is 19.3 Å². The first-order valence-electron chi connectivity index (χ1n) is 6.36. The van der Waals surface area contributed by atoms with E-state index < -0.39 is 6.10 Å². The molecule has 1 aromatic carbocycles. The SMILES string of the molecule is C[C@H](O)c1cc(F)ccc1OCCCCCCO. The Labute approximate surface area is 107 Å². The molecule has 0 saturated heterocycles. The van der Waals surface area contributed by atoms with Gasteiger partial charge in [0.25, 0.3) is 0 Å². The average Bonchev–Trinajstić information content (AvgIpc) is 2.35. The van der Waals surface area contributed by atoms with Crippen LogP contribution < -0.4 is 4.74 Å². The number of aliphatic hydroxyl groups excluding tert-OH is 2. The van der Waals surface area contributed by atoms with Crippen LogP contribution in [-0.2, 0) is 0 Å². The number of unbranched alkanes of at least 4 members (excludes halogenated alkanes) is 3. The zero-order valence-corrected chi connectivity index (χ0v) is 10.7. The molecule has 1 aromatic rings. The number of aliphatic hydroxyl groups is 2. The number of ether oxygens (including phenoxy) is 1. The fourth-order valence-corrected chi connectivity index (χ4v) is 1.73. The van der Waals surface area contributed by atoms with Gasteiger partial charge in [-0.1, -0.05) is 6.42 Å². The third kappa shape index (κ3) is 5.02. The summed E-state index contributed by atoms with van der Waals surface area (Å²) in [6, 6.07) is 4.17. The van der Waals surface area contributed by atoms with Crippen LogP contribution >= 0.6 is 0 Å². The molecule has 0 bridgehead atoms. The highest BCUT2D eigenvalue weighted by atomic mass is 19.1. The molecule has 0 saturated carbocycles.